The Morgan fingerprint density at radius 1 is 0.818 bits per heavy atom. The first kappa shape index (κ1) is 17.9. The maximum Gasteiger partial charge on any atom is 0.396 e. The summed E-state index contributed by atoms with van der Waals surface area (Å²) < 4.78 is 9.24. The van der Waals surface area contributed by atoms with E-state index in [2.05, 4.69) is 20.1 Å². The molecule has 0 aromatic rings. The number of rotatable bonds is 4. The molecule has 0 aromatic carbocycles. The fraction of sp³-hybridized carbons (Fsp3) is 0.714. The van der Waals surface area contributed by atoms with Gasteiger partial charge in [-0.25, -0.2) is 9.59 Å². The number of amides is 2. The number of esters is 2. The van der Waals surface area contributed by atoms with Gasteiger partial charge < -0.3 is 20.1 Å². The number of hydrogen-bond acceptors (Lipinski definition) is 6. The van der Waals surface area contributed by atoms with Gasteiger partial charge >= 0.3 is 23.8 Å². The smallest absolute Gasteiger partial charge is 0.396 e. The van der Waals surface area contributed by atoms with E-state index in [1.165, 1.54) is 0 Å². The lowest BCUT2D eigenvalue weighted by Crippen LogP contribution is -2.55. The second-order valence-electron chi connectivity index (χ2n) is 4.89. The molecule has 2 atom stereocenters. The van der Waals surface area contributed by atoms with E-state index in [1.807, 2.05) is 0 Å². The molecule has 0 saturated heterocycles. The highest BCUT2D eigenvalue weighted by atomic mass is 16.5. The molecular weight excluding hydrogens is 292 g/mol. The third-order valence-corrected chi connectivity index (χ3v) is 3.32. The van der Waals surface area contributed by atoms with E-state index in [9.17, 15) is 19.2 Å². The topological polar surface area (TPSA) is 111 Å². The molecule has 2 N–H and O–H groups in total. The summed E-state index contributed by atoms with van der Waals surface area (Å²) in [7, 11) is 0. The van der Waals surface area contributed by atoms with Gasteiger partial charge in [-0.15, -0.1) is 0 Å². The molecule has 1 fully saturated rings. The van der Waals surface area contributed by atoms with Crippen molar-refractivity contribution < 1.29 is 28.7 Å². The minimum Gasteiger partial charge on any atom is -0.459 e. The Bertz CT molecular complexity index is 397. The Morgan fingerprint density at radius 3 is 1.50 bits per heavy atom. The Labute approximate surface area is 128 Å². The van der Waals surface area contributed by atoms with Gasteiger partial charge in [-0.1, -0.05) is 12.8 Å². The second-order valence-corrected chi connectivity index (χ2v) is 4.89. The Morgan fingerprint density at radius 2 is 1.18 bits per heavy atom. The molecule has 2 amide bonds. The van der Waals surface area contributed by atoms with Crippen LogP contribution in [0.3, 0.4) is 0 Å². The van der Waals surface area contributed by atoms with E-state index in [4.69, 9.17) is 0 Å². The molecule has 0 radical (unpaired) electrons. The van der Waals surface area contributed by atoms with Crippen LogP contribution >= 0.6 is 0 Å². The van der Waals surface area contributed by atoms with Crippen molar-refractivity contribution in [3.8, 4) is 0 Å². The average molecular weight is 314 g/mol. The minimum atomic E-state index is -0.955. The zero-order valence-electron chi connectivity index (χ0n) is 12.8. The molecule has 8 nitrogen and oxygen atoms in total. The summed E-state index contributed by atoms with van der Waals surface area (Å²) in [5, 5.41) is 5.10. The molecule has 124 valence electrons. The number of carbonyl (C=O) groups excluding carboxylic acids is 4. The van der Waals surface area contributed by atoms with Crippen molar-refractivity contribution in [1.82, 2.24) is 10.6 Å². The lowest BCUT2D eigenvalue weighted by Gasteiger charge is -2.32. The first-order valence-corrected chi connectivity index (χ1v) is 7.44. The van der Waals surface area contributed by atoms with Gasteiger partial charge in [0.25, 0.3) is 0 Å². The molecule has 0 spiro atoms. The molecule has 22 heavy (non-hydrogen) atoms. The zero-order valence-corrected chi connectivity index (χ0v) is 12.8. The van der Waals surface area contributed by atoms with Crippen LogP contribution < -0.4 is 10.6 Å². The zero-order chi connectivity index (χ0) is 16.5. The summed E-state index contributed by atoms with van der Waals surface area (Å²) >= 11 is 0. The Hall–Kier alpha value is -2.12. The van der Waals surface area contributed by atoms with Crippen LogP contribution in [-0.4, -0.2) is 49.1 Å². The van der Waals surface area contributed by atoms with Gasteiger partial charge in [-0.3, -0.25) is 9.59 Å². The van der Waals surface area contributed by atoms with Crippen LogP contribution in [0.5, 0.6) is 0 Å². The van der Waals surface area contributed by atoms with Gasteiger partial charge in [-0.2, -0.15) is 0 Å². The molecule has 0 aliphatic heterocycles. The van der Waals surface area contributed by atoms with Crippen LogP contribution in [-0.2, 0) is 28.7 Å². The quantitative estimate of drug-likeness (QED) is 0.542. The van der Waals surface area contributed by atoms with Gasteiger partial charge in [0.1, 0.15) is 0 Å². The number of carbonyl (C=O) groups is 4. The third kappa shape index (κ3) is 5.34. The molecular formula is C14H22N2O6. The number of ether oxygens (including phenoxy) is 2. The number of hydrogen-bond donors (Lipinski definition) is 2. The SMILES string of the molecule is CCOC(=O)C(=O)NC1CCCCC1NC(=O)C(=O)OCC. The van der Waals surface area contributed by atoms with Crippen molar-refractivity contribution in [2.45, 2.75) is 51.6 Å². The van der Waals surface area contributed by atoms with Crippen LogP contribution in [0.4, 0.5) is 0 Å². The summed E-state index contributed by atoms with van der Waals surface area (Å²) in [6.07, 6.45) is 2.94. The summed E-state index contributed by atoms with van der Waals surface area (Å²) in [4.78, 5) is 46.0. The largest absolute Gasteiger partial charge is 0.459 e. The predicted octanol–water partition coefficient (Wildman–Crippen LogP) is -0.344. The molecule has 0 bridgehead atoms. The van der Waals surface area contributed by atoms with Crippen LogP contribution in [0.25, 0.3) is 0 Å². The van der Waals surface area contributed by atoms with Crippen molar-refractivity contribution in [3.63, 3.8) is 0 Å². The predicted molar refractivity (Wildman–Crippen MR) is 75.6 cm³/mol. The van der Waals surface area contributed by atoms with Crippen LogP contribution in [0.1, 0.15) is 39.5 Å². The van der Waals surface area contributed by atoms with Gasteiger partial charge in [0, 0.05) is 12.1 Å². The lowest BCUT2D eigenvalue weighted by molar-refractivity contribution is -0.156. The van der Waals surface area contributed by atoms with E-state index < -0.39 is 35.8 Å². The van der Waals surface area contributed by atoms with Gasteiger partial charge in [0.2, 0.25) is 0 Å². The van der Waals surface area contributed by atoms with E-state index in [1.54, 1.807) is 13.8 Å². The first-order valence-electron chi connectivity index (χ1n) is 7.44. The molecule has 1 rings (SSSR count). The van der Waals surface area contributed by atoms with Crippen molar-refractivity contribution in [2.24, 2.45) is 0 Å². The fourth-order valence-corrected chi connectivity index (χ4v) is 2.32. The lowest BCUT2D eigenvalue weighted by atomic mass is 9.90. The molecule has 1 saturated carbocycles. The van der Waals surface area contributed by atoms with E-state index >= 15 is 0 Å². The van der Waals surface area contributed by atoms with E-state index in [0.29, 0.717) is 12.8 Å². The minimum absolute atomic E-state index is 0.111. The maximum absolute atomic E-state index is 11.7. The summed E-state index contributed by atoms with van der Waals surface area (Å²) in [6, 6.07) is -0.826. The fourth-order valence-electron chi connectivity index (χ4n) is 2.32. The highest BCUT2D eigenvalue weighted by molar-refractivity contribution is 6.33. The Balaban J connectivity index is 2.59. The molecule has 1 aliphatic carbocycles. The highest BCUT2D eigenvalue weighted by Crippen LogP contribution is 2.18. The third-order valence-electron chi connectivity index (χ3n) is 3.32. The van der Waals surface area contributed by atoms with E-state index in [0.717, 1.165) is 12.8 Å². The number of nitrogens with one attached hydrogen (secondary N) is 2. The summed E-state index contributed by atoms with van der Waals surface area (Å²) in [5.41, 5.74) is 0. The van der Waals surface area contributed by atoms with Crippen molar-refractivity contribution >= 4 is 23.8 Å². The highest BCUT2D eigenvalue weighted by Gasteiger charge is 2.31. The van der Waals surface area contributed by atoms with Gasteiger partial charge in [-0.05, 0) is 26.7 Å². The standard InChI is InChI=1S/C14H22N2O6/c1-3-21-13(19)11(17)15-9-7-5-6-8-10(9)16-12(18)14(20)22-4-2/h9-10H,3-8H2,1-2H3,(H,15,17)(H,16,18). The van der Waals surface area contributed by atoms with Crippen LogP contribution in [0.15, 0.2) is 0 Å². The normalized spacial score (nSPS) is 20.6. The first-order chi connectivity index (χ1) is 10.5. The van der Waals surface area contributed by atoms with Crippen molar-refractivity contribution in [3.05, 3.63) is 0 Å². The maximum atomic E-state index is 11.7. The molecule has 1 aliphatic rings. The molecule has 0 aromatic heterocycles. The Kier molecular flexibility index (Phi) is 7.34. The molecule has 2 unspecified atom stereocenters. The summed E-state index contributed by atoms with van der Waals surface area (Å²) in [5.74, 6) is -3.60. The van der Waals surface area contributed by atoms with Gasteiger partial charge in [0.05, 0.1) is 13.2 Å². The molecule has 0 heterocycles. The average Bonchev–Trinajstić information content (AvgIpc) is 2.49. The van der Waals surface area contributed by atoms with E-state index in [-0.39, 0.29) is 13.2 Å². The monoisotopic (exact) mass is 314 g/mol. The van der Waals surface area contributed by atoms with Crippen molar-refractivity contribution in [2.75, 3.05) is 13.2 Å². The second kappa shape index (κ2) is 9.01. The summed E-state index contributed by atoms with van der Waals surface area (Å²) in [6.45, 7) is 3.43. The van der Waals surface area contributed by atoms with Crippen molar-refractivity contribution in [1.29, 1.82) is 0 Å². The van der Waals surface area contributed by atoms with Gasteiger partial charge in [0.15, 0.2) is 0 Å². The van der Waals surface area contributed by atoms with Crippen LogP contribution in [0, 0.1) is 0 Å². The van der Waals surface area contributed by atoms with Crippen LogP contribution in [0.2, 0.25) is 0 Å². The molecule has 8 heteroatoms.